The Morgan fingerprint density at radius 1 is 1.08 bits per heavy atom. The van der Waals surface area contributed by atoms with Gasteiger partial charge in [-0.15, -0.1) is 0 Å². The Morgan fingerprint density at radius 2 is 1.67 bits per heavy atom. The number of carboxylic acid groups (broad SMARTS) is 2. The van der Waals surface area contributed by atoms with Gasteiger partial charge in [0.05, 0.1) is 5.92 Å². The highest BCUT2D eigenvalue weighted by Gasteiger charge is 2.36. The second kappa shape index (κ2) is 8.33. The van der Waals surface area contributed by atoms with Gasteiger partial charge >= 0.3 is 18.0 Å². The van der Waals surface area contributed by atoms with Crippen LogP contribution in [-0.2, 0) is 20.9 Å². The largest absolute Gasteiger partial charge is 0.481 e. The number of rotatable bonds is 7. The van der Waals surface area contributed by atoms with Gasteiger partial charge in [0.2, 0.25) is 0 Å². The summed E-state index contributed by atoms with van der Waals surface area (Å²) < 4.78 is 4.98. The Labute approximate surface area is 140 Å². The van der Waals surface area contributed by atoms with Crippen molar-refractivity contribution in [1.82, 2.24) is 5.32 Å². The lowest BCUT2D eigenvalue weighted by molar-refractivity contribution is -0.147. The minimum absolute atomic E-state index is 0.000637. The minimum Gasteiger partial charge on any atom is -0.481 e. The standard InChI is InChI=1S/C17H23NO6/c1-17(2,3)12(14(19)20)9-13(15(21)22)18-16(23)24-10-11-7-5-4-6-8-11/h4-8,12-13H,9-10H2,1-3H3,(H,18,23)(H,19,20)(H,21,22)/t12-,13+/m0/s1. The molecule has 0 aromatic heterocycles. The van der Waals surface area contributed by atoms with Gasteiger partial charge in [-0.1, -0.05) is 51.1 Å². The van der Waals surface area contributed by atoms with Crippen LogP contribution >= 0.6 is 0 Å². The highest BCUT2D eigenvalue weighted by Crippen LogP contribution is 2.30. The SMILES string of the molecule is CC(C)(C)[C@@H](C[C@@H](NC(=O)OCc1ccccc1)C(=O)O)C(=O)O. The first kappa shape index (κ1) is 19.5. The van der Waals surface area contributed by atoms with E-state index in [1.807, 2.05) is 6.07 Å². The van der Waals surface area contributed by atoms with Crippen LogP contribution in [-0.4, -0.2) is 34.3 Å². The quantitative estimate of drug-likeness (QED) is 0.704. The van der Waals surface area contributed by atoms with Crippen molar-refractivity contribution in [3.05, 3.63) is 35.9 Å². The van der Waals surface area contributed by atoms with Crippen molar-refractivity contribution < 1.29 is 29.3 Å². The zero-order valence-electron chi connectivity index (χ0n) is 14.0. The zero-order chi connectivity index (χ0) is 18.3. The molecule has 1 aromatic rings. The maximum absolute atomic E-state index is 11.8. The van der Waals surface area contributed by atoms with E-state index in [-0.39, 0.29) is 13.0 Å². The van der Waals surface area contributed by atoms with Crippen LogP contribution in [0, 0.1) is 11.3 Å². The van der Waals surface area contributed by atoms with Gasteiger partial charge in [-0.05, 0) is 17.4 Å². The maximum atomic E-state index is 11.8. The molecule has 0 radical (unpaired) electrons. The zero-order valence-corrected chi connectivity index (χ0v) is 14.0. The highest BCUT2D eigenvalue weighted by atomic mass is 16.5. The van der Waals surface area contributed by atoms with Crippen LogP contribution in [0.3, 0.4) is 0 Å². The molecule has 1 aromatic carbocycles. The first-order valence-electron chi connectivity index (χ1n) is 7.54. The highest BCUT2D eigenvalue weighted by molar-refractivity contribution is 5.81. The van der Waals surface area contributed by atoms with Crippen LogP contribution < -0.4 is 5.32 Å². The van der Waals surface area contributed by atoms with Crippen molar-refractivity contribution in [3.63, 3.8) is 0 Å². The summed E-state index contributed by atoms with van der Waals surface area (Å²) in [5.74, 6) is -3.33. The van der Waals surface area contributed by atoms with Crippen molar-refractivity contribution in [2.24, 2.45) is 11.3 Å². The molecule has 1 amide bonds. The van der Waals surface area contributed by atoms with E-state index in [0.29, 0.717) is 0 Å². The van der Waals surface area contributed by atoms with Gasteiger partial charge in [0.25, 0.3) is 0 Å². The van der Waals surface area contributed by atoms with E-state index in [0.717, 1.165) is 5.56 Å². The smallest absolute Gasteiger partial charge is 0.408 e. The summed E-state index contributed by atoms with van der Waals surface area (Å²) in [6.45, 7) is 5.12. The Bertz CT molecular complexity index is 578. The van der Waals surface area contributed by atoms with E-state index in [9.17, 15) is 24.6 Å². The Morgan fingerprint density at radius 3 is 2.12 bits per heavy atom. The molecule has 0 aliphatic heterocycles. The average Bonchev–Trinajstić information content (AvgIpc) is 2.48. The Balaban J connectivity index is 2.66. The van der Waals surface area contributed by atoms with E-state index in [2.05, 4.69) is 5.32 Å². The average molecular weight is 337 g/mol. The minimum atomic E-state index is -1.34. The number of amides is 1. The third-order valence-electron chi connectivity index (χ3n) is 3.62. The monoisotopic (exact) mass is 337 g/mol. The molecular formula is C17H23NO6. The normalized spacial score (nSPS) is 13.6. The first-order chi connectivity index (χ1) is 11.1. The molecule has 0 bridgehead atoms. The van der Waals surface area contributed by atoms with E-state index in [1.54, 1.807) is 45.0 Å². The fraction of sp³-hybridized carbons (Fsp3) is 0.471. The second-order valence-electron chi connectivity index (χ2n) is 6.59. The predicted octanol–water partition coefficient (Wildman–Crippen LogP) is 2.50. The summed E-state index contributed by atoms with van der Waals surface area (Å²) in [4.78, 5) is 34.5. The Kier molecular flexibility index (Phi) is 6.76. The number of carbonyl (C=O) groups excluding carboxylic acids is 1. The van der Waals surface area contributed by atoms with Gasteiger partial charge in [-0.3, -0.25) is 4.79 Å². The van der Waals surface area contributed by atoms with Crippen molar-refractivity contribution in [2.75, 3.05) is 0 Å². The van der Waals surface area contributed by atoms with Crippen molar-refractivity contribution in [2.45, 2.75) is 39.8 Å². The number of alkyl carbamates (subject to hydrolysis) is 1. The molecule has 1 rings (SSSR count). The molecule has 0 aliphatic carbocycles. The number of aliphatic carboxylic acids is 2. The first-order valence-corrected chi connectivity index (χ1v) is 7.54. The van der Waals surface area contributed by atoms with E-state index in [4.69, 9.17) is 4.74 Å². The number of hydrogen-bond acceptors (Lipinski definition) is 4. The third-order valence-corrected chi connectivity index (χ3v) is 3.62. The number of hydrogen-bond donors (Lipinski definition) is 3. The maximum Gasteiger partial charge on any atom is 0.408 e. The molecule has 0 aliphatic rings. The van der Waals surface area contributed by atoms with Gasteiger partial charge in [0.15, 0.2) is 0 Å². The van der Waals surface area contributed by atoms with Crippen LogP contribution in [0.5, 0.6) is 0 Å². The lowest BCUT2D eigenvalue weighted by Crippen LogP contribution is -2.45. The molecule has 0 spiro atoms. The van der Waals surface area contributed by atoms with E-state index in [1.165, 1.54) is 0 Å². The van der Waals surface area contributed by atoms with Crippen LogP contribution in [0.15, 0.2) is 30.3 Å². The molecule has 7 nitrogen and oxygen atoms in total. The van der Waals surface area contributed by atoms with Crippen LogP contribution in [0.2, 0.25) is 0 Å². The fourth-order valence-electron chi connectivity index (χ4n) is 2.19. The molecule has 0 heterocycles. The summed E-state index contributed by atoms with van der Waals surface area (Å²) in [5.41, 5.74) is 0.118. The topological polar surface area (TPSA) is 113 Å². The van der Waals surface area contributed by atoms with Crippen LogP contribution in [0.4, 0.5) is 4.79 Å². The molecule has 132 valence electrons. The van der Waals surface area contributed by atoms with E-state index < -0.39 is 35.4 Å². The van der Waals surface area contributed by atoms with Crippen molar-refractivity contribution in [1.29, 1.82) is 0 Å². The van der Waals surface area contributed by atoms with E-state index >= 15 is 0 Å². The molecule has 24 heavy (non-hydrogen) atoms. The second-order valence-corrected chi connectivity index (χ2v) is 6.59. The number of benzene rings is 1. The van der Waals surface area contributed by atoms with Gasteiger partial charge in [-0.2, -0.15) is 0 Å². The predicted molar refractivity (Wildman–Crippen MR) is 86.4 cm³/mol. The summed E-state index contributed by atoms with van der Waals surface area (Å²) >= 11 is 0. The van der Waals surface area contributed by atoms with Crippen molar-refractivity contribution in [3.8, 4) is 0 Å². The lowest BCUT2D eigenvalue weighted by Gasteiger charge is -2.29. The van der Waals surface area contributed by atoms with Gasteiger partial charge in [0.1, 0.15) is 12.6 Å². The Hall–Kier alpha value is -2.57. The van der Waals surface area contributed by atoms with Crippen LogP contribution in [0.25, 0.3) is 0 Å². The summed E-state index contributed by atoms with van der Waals surface area (Å²) in [6.07, 6.45) is -1.13. The van der Waals surface area contributed by atoms with Crippen LogP contribution in [0.1, 0.15) is 32.8 Å². The molecule has 0 fully saturated rings. The summed E-state index contributed by atoms with van der Waals surface area (Å²) in [6, 6.07) is 7.59. The van der Waals surface area contributed by atoms with Gasteiger partial charge < -0.3 is 20.3 Å². The number of ether oxygens (including phenoxy) is 1. The molecule has 7 heteroatoms. The fourth-order valence-corrected chi connectivity index (χ4v) is 2.19. The number of carboxylic acids is 2. The third kappa shape index (κ3) is 6.28. The molecule has 0 saturated heterocycles. The molecule has 3 N–H and O–H groups in total. The number of carbonyl (C=O) groups is 3. The molecular weight excluding hydrogens is 314 g/mol. The molecule has 2 atom stereocenters. The molecule has 0 unspecified atom stereocenters. The number of nitrogens with one attached hydrogen (secondary N) is 1. The molecule has 0 saturated carbocycles. The van der Waals surface area contributed by atoms with Crippen molar-refractivity contribution >= 4 is 18.0 Å². The van der Waals surface area contributed by atoms with Gasteiger partial charge in [0, 0.05) is 0 Å². The summed E-state index contributed by atoms with van der Waals surface area (Å²) in [7, 11) is 0. The lowest BCUT2D eigenvalue weighted by atomic mass is 9.77. The summed E-state index contributed by atoms with van der Waals surface area (Å²) in [5, 5.41) is 20.7. The van der Waals surface area contributed by atoms with Gasteiger partial charge in [-0.25, -0.2) is 9.59 Å².